The van der Waals surface area contributed by atoms with Crippen LogP contribution < -0.4 is 5.32 Å². The minimum absolute atomic E-state index is 0.175. The number of hydrogen-bond donors (Lipinski definition) is 1. The maximum absolute atomic E-state index is 12.3. The summed E-state index contributed by atoms with van der Waals surface area (Å²) in [7, 11) is 0. The second-order valence-corrected chi connectivity index (χ2v) is 4.94. The van der Waals surface area contributed by atoms with Gasteiger partial charge >= 0.3 is 0 Å². The van der Waals surface area contributed by atoms with E-state index in [9.17, 15) is 9.59 Å². The van der Waals surface area contributed by atoms with Crippen LogP contribution in [0.15, 0.2) is 24.3 Å². The van der Waals surface area contributed by atoms with Gasteiger partial charge in [0, 0.05) is 19.1 Å². The molecule has 2 aliphatic heterocycles. The molecule has 0 bridgehead atoms. The van der Waals surface area contributed by atoms with Gasteiger partial charge in [0.25, 0.3) is 11.8 Å². The standard InChI is InChI=1S/C14H17N3O2/c1-2-16(10-7-15-8-10)9-17-13(18)11-5-3-4-6-12(11)14(17)19/h3-6,10,15H,2,7-9H2,1H3. The lowest BCUT2D eigenvalue weighted by molar-refractivity contribution is 0.0440. The maximum Gasteiger partial charge on any atom is 0.262 e. The van der Waals surface area contributed by atoms with E-state index >= 15 is 0 Å². The van der Waals surface area contributed by atoms with Gasteiger partial charge in [0.1, 0.15) is 0 Å². The van der Waals surface area contributed by atoms with Crippen LogP contribution in [0.1, 0.15) is 27.6 Å². The molecule has 0 radical (unpaired) electrons. The van der Waals surface area contributed by atoms with Crippen molar-refractivity contribution in [3.05, 3.63) is 35.4 Å². The Kier molecular flexibility index (Phi) is 3.08. The Morgan fingerprint density at radius 2 is 1.79 bits per heavy atom. The Bertz CT molecular complexity index is 490. The number of likely N-dealkylation sites (N-methyl/N-ethyl adjacent to an activating group) is 1. The van der Waals surface area contributed by atoms with E-state index in [1.807, 2.05) is 0 Å². The van der Waals surface area contributed by atoms with Gasteiger partial charge < -0.3 is 5.32 Å². The second kappa shape index (κ2) is 4.75. The van der Waals surface area contributed by atoms with Crippen molar-refractivity contribution in [3.63, 3.8) is 0 Å². The molecule has 5 heteroatoms. The molecule has 0 atom stereocenters. The number of carbonyl (C=O) groups is 2. The summed E-state index contributed by atoms with van der Waals surface area (Å²) in [5.41, 5.74) is 1.05. The highest BCUT2D eigenvalue weighted by Crippen LogP contribution is 2.23. The summed E-state index contributed by atoms with van der Waals surface area (Å²) in [6.45, 7) is 5.12. The number of imide groups is 1. The summed E-state index contributed by atoms with van der Waals surface area (Å²) in [5, 5.41) is 3.21. The van der Waals surface area contributed by atoms with Crippen LogP contribution in [-0.4, -0.2) is 54.0 Å². The average molecular weight is 259 g/mol. The third-order valence-electron chi connectivity index (χ3n) is 3.88. The first kappa shape index (κ1) is 12.3. The first-order chi connectivity index (χ1) is 9.22. The van der Waals surface area contributed by atoms with Crippen LogP contribution in [-0.2, 0) is 0 Å². The molecule has 1 N–H and O–H groups in total. The predicted molar refractivity (Wildman–Crippen MR) is 70.8 cm³/mol. The molecule has 1 aromatic carbocycles. The number of carbonyl (C=O) groups excluding carboxylic acids is 2. The molecule has 1 aromatic rings. The van der Waals surface area contributed by atoms with Crippen LogP contribution in [0.25, 0.3) is 0 Å². The zero-order chi connectivity index (χ0) is 13.4. The van der Waals surface area contributed by atoms with E-state index in [1.54, 1.807) is 24.3 Å². The molecule has 0 aliphatic carbocycles. The summed E-state index contributed by atoms with van der Waals surface area (Å²) >= 11 is 0. The quantitative estimate of drug-likeness (QED) is 0.802. The zero-order valence-corrected chi connectivity index (χ0v) is 10.9. The number of amides is 2. The highest BCUT2D eigenvalue weighted by atomic mass is 16.2. The molecule has 19 heavy (non-hydrogen) atoms. The van der Waals surface area contributed by atoms with Gasteiger partial charge in [-0.15, -0.1) is 0 Å². The molecular formula is C14H17N3O2. The third kappa shape index (κ3) is 1.95. The molecule has 0 unspecified atom stereocenters. The Labute approximate surface area is 112 Å². The normalized spacial score (nSPS) is 18.9. The molecular weight excluding hydrogens is 242 g/mol. The Hall–Kier alpha value is -1.72. The van der Waals surface area contributed by atoms with Crippen molar-refractivity contribution in [2.75, 3.05) is 26.3 Å². The highest BCUT2D eigenvalue weighted by molar-refractivity contribution is 6.21. The maximum atomic E-state index is 12.3. The Morgan fingerprint density at radius 3 is 2.21 bits per heavy atom. The molecule has 2 amide bonds. The molecule has 0 saturated carbocycles. The lowest BCUT2D eigenvalue weighted by atomic mass is 10.1. The molecule has 100 valence electrons. The second-order valence-electron chi connectivity index (χ2n) is 4.94. The number of nitrogens with zero attached hydrogens (tertiary/aromatic N) is 2. The minimum atomic E-state index is -0.175. The lowest BCUT2D eigenvalue weighted by Crippen LogP contribution is -2.59. The first-order valence-corrected chi connectivity index (χ1v) is 6.62. The topological polar surface area (TPSA) is 52.7 Å². The van der Waals surface area contributed by atoms with Crippen LogP contribution in [0, 0.1) is 0 Å². The van der Waals surface area contributed by atoms with Crippen LogP contribution in [0.5, 0.6) is 0 Å². The molecule has 5 nitrogen and oxygen atoms in total. The van der Waals surface area contributed by atoms with E-state index in [2.05, 4.69) is 17.1 Å². The molecule has 1 saturated heterocycles. The van der Waals surface area contributed by atoms with Crippen molar-refractivity contribution >= 4 is 11.8 Å². The van der Waals surface area contributed by atoms with Crippen molar-refractivity contribution in [2.45, 2.75) is 13.0 Å². The van der Waals surface area contributed by atoms with Crippen molar-refractivity contribution in [1.29, 1.82) is 0 Å². The van der Waals surface area contributed by atoms with E-state index in [0.717, 1.165) is 19.6 Å². The Morgan fingerprint density at radius 1 is 1.21 bits per heavy atom. The summed E-state index contributed by atoms with van der Waals surface area (Å²) in [6, 6.07) is 7.45. The van der Waals surface area contributed by atoms with Crippen LogP contribution >= 0.6 is 0 Å². The fourth-order valence-corrected chi connectivity index (χ4v) is 2.55. The number of nitrogens with one attached hydrogen (secondary N) is 1. The van der Waals surface area contributed by atoms with Crippen molar-refractivity contribution < 1.29 is 9.59 Å². The summed E-state index contributed by atoms with van der Waals surface area (Å²) < 4.78 is 0. The van der Waals surface area contributed by atoms with Gasteiger partial charge in [-0.05, 0) is 18.7 Å². The van der Waals surface area contributed by atoms with E-state index in [-0.39, 0.29) is 11.8 Å². The van der Waals surface area contributed by atoms with Gasteiger partial charge in [-0.3, -0.25) is 19.4 Å². The van der Waals surface area contributed by atoms with E-state index in [4.69, 9.17) is 0 Å². The largest absolute Gasteiger partial charge is 0.314 e. The number of benzene rings is 1. The van der Waals surface area contributed by atoms with Crippen molar-refractivity contribution in [1.82, 2.24) is 15.1 Å². The van der Waals surface area contributed by atoms with Gasteiger partial charge in [0.2, 0.25) is 0 Å². The van der Waals surface area contributed by atoms with Crippen LogP contribution in [0.4, 0.5) is 0 Å². The van der Waals surface area contributed by atoms with E-state index < -0.39 is 0 Å². The van der Waals surface area contributed by atoms with Gasteiger partial charge in [-0.25, -0.2) is 0 Å². The third-order valence-corrected chi connectivity index (χ3v) is 3.88. The molecule has 0 spiro atoms. The number of rotatable bonds is 4. The molecule has 2 heterocycles. The Balaban J connectivity index is 1.79. The monoisotopic (exact) mass is 259 g/mol. The van der Waals surface area contributed by atoms with Crippen LogP contribution in [0.2, 0.25) is 0 Å². The summed E-state index contributed by atoms with van der Waals surface area (Å²) in [6.07, 6.45) is 0. The summed E-state index contributed by atoms with van der Waals surface area (Å²) in [5.74, 6) is -0.349. The SMILES string of the molecule is CCN(CN1C(=O)c2ccccc2C1=O)C1CNC1. The average Bonchev–Trinajstić information content (AvgIpc) is 2.61. The minimum Gasteiger partial charge on any atom is -0.314 e. The zero-order valence-electron chi connectivity index (χ0n) is 10.9. The molecule has 1 fully saturated rings. The smallest absolute Gasteiger partial charge is 0.262 e. The molecule has 2 aliphatic rings. The predicted octanol–water partition coefficient (Wildman–Crippen LogP) is 0.534. The van der Waals surface area contributed by atoms with Gasteiger partial charge in [0.05, 0.1) is 17.8 Å². The van der Waals surface area contributed by atoms with Crippen LogP contribution in [0.3, 0.4) is 0 Å². The fourth-order valence-electron chi connectivity index (χ4n) is 2.55. The summed E-state index contributed by atoms with van der Waals surface area (Å²) in [4.78, 5) is 28.0. The number of fused-ring (bicyclic) bond motifs is 1. The van der Waals surface area contributed by atoms with Gasteiger partial charge in [0.15, 0.2) is 0 Å². The van der Waals surface area contributed by atoms with Gasteiger partial charge in [-0.2, -0.15) is 0 Å². The first-order valence-electron chi connectivity index (χ1n) is 6.62. The molecule has 0 aromatic heterocycles. The van der Waals surface area contributed by atoms with Crippen molar-refractivity contribution in [2.24, 2.45) is 0 Å². The number of hydrogen-bond acceptors (Lipinski definition) is 4. The van der Waals surface area contributed by atoms with E-state index in [1.165, 1.54) is 4.90 Å². The highest BCUT2D eigenvalue weighted by Gasteiger charge is 2.37. The van der Waals surface area contributed by atoms with Crippen molar-refractivity contribution in [3.8, 4) is 0 Å². The fraction of sp³-hybridized carbons (Fsp3) is 0.429. The van der Waals surface area contributed by atoms with Gasteiger partial charge in [-0.1, -0.05) is 19.1 Å². The lowest BCUT2D eigenvalue weighted by Gasteiger charge is -2.39. The van der Waals surface area contributed by atoms with E-state index in [0.29, 0.717) is 23.8 Å². The molecule has 3 rings (SSSR count).